The van der Waals surface area contributed by atoms with E-state index in [0.717, 1.165) is 0 Å². The zero-order chi connectivity index (χ0) is 12.1. The van der Waals surface area contributed by atoms with Crippen LogP contribution in [0.25, 0.3) is 0 Å². The second-order valence-electron chi connectivity index (χ2n) is 4.06. The van der Waals surface area contributed by atoms with Gasteiger partial charge in [0.15, 0.2) is 0 Å². The highest BCUT2D eigenvalue weighted by atomic mass is 32.2. The van der Waals surface area contributed by atoms with Crippen molar-refractivity contribution in [3.8, 4) is 0 Å². The standard InChI is InChI=1S/C8H10F2N2O3S/c9-6(10)5-3-8(5,11)7(13)12-16(14,15)4-1-2-4/h4H,1-3,11H2,(H,12,13)/t8-/m1/s1. The maximum absolute atomic E-state index is 12.1. The molecule has 90 valence electrons. The summed E-state index contributed by atoms with van der Waals surface area (Å²) in [5.74, 6) is -1.07. The van der Waals surface area contributed by atoms with Crippen LogP contribution in [0.15, 0.2) is 11.7 Å². The molecule has 1 amide bonds. The van der Waals surface area contributed by atoms with Crippen LogP contribution < -0.4 is 10.5 Å². The molecule has 0 heterocycles. The Labute approximate surface area is 90.7 Å². The quantitative estimate of drug-likeness (QED) is 0.730. The summed E-state index contributed by atoms with van der Waals surface area (Å²) in [7, 11) is -3.73. The topological polar surface area (TPSA) is 89.3 Å². The summed E-state index contributed by atoms with van der Waals surface area (Å²) in [5, 5.41) is -0.582. The smallest absolute Gasteiger partial charge is 0.271 e. The Bertz CT molecular complexity index is 480. The molecule has 0 aromatic carbocycles. The lowest BCUT2D eigenvalue weighted by Gasteiger charge is -2.09. The highest BCUT2D eigenvalue weighted by molar-refractivity contribution is 7.91. The van der Waals surface area contributed by atoms with Gasteiger partial charge in [-0.05, 0) is 12.8 Å². The molecule has 0 radical (unpaired) electrons. The second kappa shape index (κ2) is 3.24. The fourth-order valence-corrected chi connectivity index (χ4v) is 2.73. The van der Waals surface area contributed by atoms with Crippen LogP contribution in [0.5, 0.6) is 0 Å². The van der Waals surface area contributed by atoms with Gasteiger partial charge in [0.05, 0.1) is 5.25 Å². The number of carbonyl (C=O) groups is 1. The summed E-state index contributed by atoms with van der Waals surface area (Å²) in [4.78, 5) is 11.4. The average molecular weight is 252 g/mol. The van der Waals surface area contributed by atoms with Crippen molar-refractivity contribution in [3.05, 3.63) is 11.7 Å². The molecule has 0 aromatic heterocycles. The molecule has 2 fully saturated rings. The van der Waals surface area contributed by atoms with Crippen LogP contribution in [0.4, 0.5) is 8.78 Å². The third kappa shape index (κ3) is 1.82. The summed E-state index contributed by atoms with van der Waals surface area (Å²) >= 11 is 0. The Balaban J connectivity index is 2.08. The third-order valence-electron chi connectivity index (χ3n) is 2.70. The van der Waals surface area contributed by atoms with Crippen molar-refractivity contribution in [1.82, 2.24) is 4.72 Å². The van der Waals surface area contributed by atoms with E-state index in [4.69, 9.17) is 5.73 Å². The molecule has 0 bridgehead atoms. The van der Waals surface area contributed by atoms with Crippen LogP contribution in [0.3, 0.4) is 0 Å². The third-order valence-corrected chi connectivity index (χ3v) is 4.52. The van der Waals surface area contributed by atoms with Crippen LogP contribution in [0.2, 0.25) is 0 Å². The van der Waals surface area contributed by atoms with E-state index < -0.39 is 38.4 Å². The monoisotopic (exact) mass is 252 g/mol. The summed E-state index contributed by atoms with van der Waals surface area (Å²) in [6.45, 7) is 0. The molecule has 1 atom stereocenters. The first-order valence-electron chi connectivity index (χ1n) is 4.67. The van der Waals surface area contributed by atoms with Gasteiger partial charge >= 0.3 is 0 Å². The van der Waals surface area contributed by atoms with E-state index in [1.165, 1.54) is 0 Å². The fourth-order valence-electron chi connectivity index (χ4n) is 1.37. The first kappa shape index (κ1) is 11.5. The summed E-state index contributed by atoms with van der Waals surface area (Å²) < 4.78 is 48.8. The maximum Gasteiger partial charge on any atom is 0.271 e. The van der Waals surface area contributed by atoms with Crippen LogP contribution in [-0.4, -0.2) is 25.1 Å². The lowest BCUT2D eigenvalue weighted by molar-refractivity contribution is -0.121. The minimum absolute atomic E-state index is 0.290. The minimum Gasteiger partial charge on any atom is -0.313 e. The highest BCUT2D eigenvalue weighted by Gasteiger charge is 2.56. The molecule has 16 heavy (non-hydrogen) atoms. The second-order valence-corrected chi connectivity index (χ2v) is 6.02. The molecule has 0 saturated heterocycles. The Morgan fingerprint density at radius 1 is 1.44 bits per heavy atom. The van der Waals surface area contributed by atoms with E-state index in [0.29, 0.717) is 12.8 Å². The predicted octanol–water partition coefficient (Wildman–Crippen LogP) is -0.153. The van der Waals surface area contributed by atoms with Crippen molar-refractivity contribution in [1.29, 1.82) is 0 Å². The molecular formula is C8H10F2N2O3S. The lowest BCUT2D eigenvalue weighted by Crippen LogP contribution is -2.46. The SMILES string of the molecule is N[C@]1(C(=O)NS(=O)(=O)C2CC2)CC1=C(F)F. The van der Waals surface area contributed by atoms with Gasteiger partial charge in [-0.3, -0.25) is 9.52 Å². The van der Waals surface area contributed by atoms with Crippen molar-refractivity contribution in [2.24, 2.45) is 5.73 Å². The number of carbonyl (C=O) groups excluding carboxylic acids is 1. The number of rotatable bonds is 3. The van der Waals surface area contributed by atoms with Crippen molar-refractivity contribution < 1.29 is 22.0 Å². The molecule has 2 saturated carbocycles. The molecule has 0 aromatic rings. The molecule has 0 spiro atoms. The van der Waals surface area contributed by atoms with Crippen molar-refractivity contribution in [2.75, 3.05) is 0 Å². The number of nitrogens with two attached hydrogens (primary N) is 1. The number of hydrogen-bond acceptors (Lipinski definition) is 4. The Hall–Kier alpha value is -1.02. The van der Waals surface area contributed by atoms with Gasteiger partial charge in [0, 0.05) is 12.0 Å². The van der Waals surface area contributed by atoms with E-state index >= 15 is 0 Å². The maximum atomic E-state index is 12.1. The van der Waals surface area contributed by atoms with Gasteiger partial charge in [0.2, 0.25) is 10.0 Å². The van der Waals surface area contributed by atoms with Gasteiger partial charge in [-0.25, -0.2) is 8.42 Å². The largest absolute Gasteiger partial charge is 0.313 e. The van der Waals surface area contributed by atoms with Crippen LogP contribution in [0, 0.1) is 0 Å². The van der Waals surface area contributed by atoms with Gasteiger partial charge in [0.25, 0.3) is 12.0 Å². The summed E-state index contributed by atoms with van der Waals surface area (Å²) in [6.07, 6.45) is -1.33. The van der Waals surface area contributed by atoms with Gasteiger partial charge in [0.1, 0.15) is 5.54 Å². The lowest BCUT2D eigenvalue weighted by atomic mass is 10.3. The molecule has 3 N–H and O–H groups in total. The molecule has 0 aliphatic heterocycles. The predicted molar refractivity (Wildman–Crippen MR) is 50.9 cm³/mol. The number of nitrogens with one attached hydrogen (secondary N) is 1. The zero-order valence-corrected chi connectivity index (χ0v) is 8.98. The number of halogens is 2. The van der Waals surface area contributed by atoms with Crippen molar-refractivity contribution in [3.63, 3.8) is 0 Å². The first-order chi connectivity index (χ1) is 7.27. The van der Waals surface area contributed by atoms with E-state index in [1.807, 2.05) is 0 Å². The van der Waals surface area contributed by atoms with Gasteiger partial charge in [-0.15, -0.1) is 0 Å². The van der Waals surface area contributed by atoms with Crippen LogP contribution >= 0.6 is 0 Å². The van der Waals surface area contributed by atoms with Crippen molar-refractivity contribution >= 4 is 15.9 Å². The highest BCUT2D eigenvalue weighted by Crippen LogP contribution is 2.44. The first-order valence-corrected chi connectivity index (χ1v) is 6.21. The molecule has 2 aliphatic rings. The molecule has 0 unspecified atom stereocenters. The Kier molecular flexibility index (Phi) is 2.32. The van der Waals surface area contributed by atoms with E-state index in [9.17, 15) is 22.0 Å². The molecular weight excluding hydrogens is 242 g/mol. The Morgan fingerprint density at radius 2 is 2.00 bits per heavy atom. The number of amides is 1. The molecule has 5 nitrogen and oxygen atoms in total. The number of sulfonamides is 1. The van der Waals surface area contributed by atoms with Gasteiger partial charge < -0.3 is 5.73 Å². The van der Waals surface area contributed by atoms with Crippen LogP contribution in [-0.2, 0) is 14.8 Å². The zero-order valence-electron chi connectivity index (χ0n) is 8.16. The normalized spacial score (nSPS) is 28.8. The summed E-state index contributed by atoms with van der Waals surface area (Å²) in [5.41, 5.74) is 3.03. The van der Waals surface area contributed by atoms with E-state index in [2.05, 4.69) is 0 Å². The molecule has 8 heteroatoms. The minimum atomic E-state index is -3.73. The number of hydrogen-bond donors (Lipinski definition) is 2. The molecule has 2 aliphatic carbocycles. The fraction of sp³-hybridized carbons (Fsp3) is 0.625. The average Bonchev–Trinajstić information content (AvgIpc) is 2.95. The van der Waals surface area contributed by atoms with Crippen molar-refractivity contribution in [2.45, 2.75) is 30.1 Å². The van der Waals surface area contributed by atoms with Gasteiger partial charge in [-0.2, -0.15) is 8.78 Å². The van der Waals surface area contributed by atoms with E-state index in [-0.39, 0.29) is 6.42 Å². The van der Waals surface area contributed by atoms with Crippen LogP contribution in [0.1, 0.15) is 19.3 Å². The Morgan fingerprint density at radius 3 is 2.38 bits per heavy atom. The summed E-state index contributed by atoms with van der Waals surface area (Å²) in [6, 6.07) is 0. The van der Waals surface area contributed by atoms with E-state index in [1.54, 1.807) is 4.72 Å². The molecule has 2 rings (SSSR count). The van der Waals surface area contributed by atoms with Gasteiger partial charge in [-0.1, -0.05) is 0 Å².